The molecular weight excluding hydrogens is 156 g/mol. The van der Waals surface area contributed by atoms with E-state index >= 15 is 0 Å². The molecule has 0 aliphatic carbocycles. The first-order valence-corrected chi connectivity index (χ1v) is 3.28. The summed E-state index contributed by atoms with van der Waals surface area (Å²) in [5, 5.41) is 2.39. The normalized spacial score (nSPS) is 28.5. The lowest BCUT2D eigenvalue weighted by Crippen LogP contribution is -2.26. The van der Waals surface area contributed by atoms with Gasteiger partial charge in [0.2, 0.25) is 0 Å². The zero-order chi connectivity index (χ0) is 8.48. The summed E-state index contributed by atoms with van der Waals surface area (Å²) in [6.45, 7) is 0.781. The molecule has 11 heavy (non-hydrogen) atoms. The van der Waals surface area contributed by atoms with Gasteiger partial charge in [0.25, 0.3) is 5.92 Å². The Bertz CT molecular complexity index is 172. The van der Waals surface area contributed by atoms with E-state index in [9.17, 15) is 13.6 Å². The lowest BCUT2D eigenvalue weighted by atomic mass is 10.3. The van der Waals surface area contributed by atoms with Crippen LogP contribution in [-0.2, 0) is 9.53 Å². The molecule has 1 atom stereocenters. The monoisotopic (exact) mass is 165 g/mol. The van der Waals surface area contributed by atoms with Crippen molar-refractivity contribution in [3.8, 4) is 0 Å². The third-order valence-corrected chi connectivity index (χ3v) is 1.38. The number of hydrogen-bond donors (Lipinski definition) is 1. The van der Waals surface area contributed by atoms with Crippen LogP contribution in [0.2, 0.25) is 0 Å². The van der Waals surface area contributed by atoms with E-state index < -0.39 is 31.1 Å². The van der Waals surface area contributed by atoms with Gasteiger partial charge in [-0.15, -0.1) is 0 Å². The summed E-state index contributed by atoms with van der Waals surface area (Å²) in [5.41, 5.74) is 0. The van der Waals surface area contributed by atoms with Gasteiger partial charge in [0.1, 0.15) is 0 Å². The van der Waals surface area contributed by atoms with Crippen LogP contribution in [0, 0.1) is 0 Å². The zero-order valence-corrected chi connectivity index (χ0v) is 6.06. The number of ether oxygens (including phenoxy) is 1. The Morgan fingerprint density at radius 2 is 2.36 bits per heavy atom. The summed E-state index contributed by atoms with van der Waals surface area (Å²) < 4.78 is 29.3. The minimum atomic E-state index is -2.74. The summed E-state index contributed by atoms with van der Waals surface area (Å²) >= 11 is 0. The first-order valence-electron chi connectivity index (χ1n) is 3.28. The molecule has 0 aromatic rings. The SMILES string of the molecule is CC(=O)O[C@H]1CC(F)(F)CN1. The van der Waals surface area contributed by atoms with Gasteiger partial charge in [0.05, 0.1) is 13.0 Å². The standard InChI is InChI=1S/C6H9F2NO2/c1-4(10)11-5-2-6(7,8)3-9-5/h5,9H,2-3H2,1H3/t5-/m0/s1. The van der Waals surface area contributed by atoms with Crippen LogP contribution in [-0.4, -0.2) is 24.7 Å². The molecule has 5 heteroatoms. The van der Waals surface area contributed by atoms with Crippen LogP contribution < -0.4 is 5.32 Å². The van der Waals surface area contributed by atoms with Crippen LogP contribution in [0.1, 0.15) is 13.3 Å². The van der Waals surface area contributed by atoms with Gasteiger partial charge in [0.15, 0.2) is 6.23 Å². The number of halogens is 2. The fraction of sp³-hybridized carbons (Fsp3) is 0.833. The first kappa shape index (κ1) is 8.39. The van der Waals surface area contributed by atoms with Crippen molar-refractivity contribution in [1.82, 2.24) is 5.32 Å². The lowest BCUT2D eigenvalue weighted by molar-refractivity contribution is -0.147. The molecule has 1 heterocycles. The highest BCUT2D eigenvalue weighted by molar-refractivity contribution is 5.66. The lowest BCUT2D eigenvalue weighted by Gasteiger charge is -2.09. The summed E-state index contributed by atoms with van der Waals surface area (Å²) in [4.78, 5) is 10.3. The smallest absolute Gasteiger partial charge is 0.304 e. The van der Waals surface area contributed by atoms with E-state index in [4.69, 9.17) is 0 Å². The van der Waals surface area contributed by atoms with Crippen LogP contribution in [0.25, 0.3) is 0 Å². The van der Waals surface area contributed by atoms with Crippen LogP contribution >= 0.6 is 0 Å². The van der Waals surface area contributed by atoms with Crippen molar-refractivity contribution >= 4 is 5.97 Å². The predicted molar refractivity (Wildman–Crippen MR) is 33.1 cm³/mol. The molecular formula is C6H9F2NO2. The molecule has 0 saturated carbocycles. The van der Waals surface area contributed by atoms with Gasteiger partial charge in [-0.1, -0.05) is 0 Å². The summed E-state index contributed by atoms with van der Waals surface area (Å²) in [5.74, 6) is -3.28. The second kappa shape index (κ2) is 2.73. The molecule has 1 saturated heterocycles. The van der Waals surface area contributed by atoms with Gasteiger partial charge < -0.3 is 4.74 Å². The van der Waals surface area contributed by atoms with Crippen LogP contribution in [0.4, 0.5) is 8.78 Å². The molecule has 1 aliphatic rings. The van der Waals surface area contributed by atoms with Crippen molar-refractivity contribution < 1.29 is 18.3 Å². The molecule has 0 unspecified atom stereocenters. The second-order valence-electron chi connectivity index (χ2n) is 2.54. The fourth-order valence-corrected chi connectivity index (χ4v) is 0.962. The minimum absolute atomic E-state index is 0.412. The van der Waals surface area contributed by atoms with Gasteiger partial charge in [-0.2, -0.15) is 0 Å². The molecule has 0 aromatic heterocycles. The van der Waals surface area contributed by atoms with E-state index in [2.05, 4.69) is 10.1 Å². The van der Waals surface area contributed by atoms with Crippen molar-refractivity contribution in [2.24, 2.45) is 0 Å². The Hall–Kier alpha value is -0.710. The molecule has 0 bridgehead atoms. The molecule has 1 aliphatic heterocycles. The molecule has 3 nitrogen and oxygen atoms in total. The second-order valence-corrected chi connectivity index (χ2v) is 2.54. The average Bonchev–Trinajstić information content (AvgIpc) is 2.08. The third-order valence-electron chi connectivity index (χ3n) is 1.38. The highest BCUT2D eigenvalue weighted by Gasteiger charge is 2.40. The van der Waals surface area contributed by atoms with E-state index in [1.54, 1.807) is 0 Å². The third kappa shape index (κ3) is 2.42. The summed E-state index contributed by atoms with van der Waals surface area (Å²) in [7, 11) is 0. The first-order chi connectivity index (χ1) is 4.99. The van der Waals surface area contributed by atoms with Gasteiger partial charge in [0, 0.05) is 6.92 Å². The van der Waals surface area contributed by atoms with E-state index in [0.717, 1.165) is 0 Å². The molecule has 0 radical (unpaired) electrons. The van der Waals surface area contributed by atoms with Gasteiger partial charge >= 0.3 is 5.97 Å². The van der Waals surface area contributed by atoms with Crippen molar-refractivity contribution in [3.05, 3.63) is 0 Å². The molecule has 64 valence electrons. The highest BCUT2D eigenvalue weighted by atomic mass is 19.3. The van der Waals surface area contributed by atoms with E-state index in [1.807, 2.05) is 0 Å². The summed E-state index contributed by atoms with van der Waals surface area (Å²) in [6.07, 6.45) is -1.24. The molecule has 0 spiro atoms. The Labute approximate surface area is 62.7 Å². The van der Waals surface area contributed by atoms with Gasteiger partial charge in [-0.05, 0) is 0 Å². The number of alkyl halides is 2. The zero-order valence-electron chi connectivity index (χ0n) is 6.06. The highest BCUT2D eigenvalue weighted by Crippen LogP contribution is 2.25. The Morgan fingerprint density at radius 1 is 1.73 bits per heavy atom. The maximum atomic E-state index is 12.4. The van der Waals surface area contributed by atoms with Crippen LogP contribution in [0.3, 0.4) is 0 Å². The van der Waals surface area contributed by atoms with Crippen molar-refractivity contribution in [2.75, 3.05) is 6.54 Å². The van der Waals surface area contributed by atoms with E-state index in [1.165, 1.54) is 6.92 Å². The van der Waals surface area contributed by atoms with Gasteiger partial charge in [-0.3, -0.25) is 10.1 Å². The van der Waals surface area contributed by atoms with E-state index in [-0.39, 0.29) is 0 Å². The molecule has 1 N–H and O–H groups in total. The number of hydrogen-bond acceptors (Lipinski definition) is 3. The van der Waals surface area contributed by atoms with Crippen LogP contribution in [0.15, 0.2) is 0 Å². The van der Waals surface area contributed by atoms with Crippen molar-refractivity contribution in [1.29, 1.82) is 0 Å². The van der Waals surface area contributed by atoms with Crippen molar-refractivity contribution in [2.45, 2.75) is 25.5 Å². The quantitative estimate of drug-likeness (QED) is 0.575. The van der Waals surface area contributed by atoms with Crippen LogP contribution in [0.5, 0.6) is 0 Å². The number of carbonyl (C=O) groups excluding carboxylic acids is 1. The average molecular weight is 165 g/mol. The summed E-state index contributed by atoms with van der Waals surface area (Å²) in [6, 6.07) is 0. The van der Waals surface area contributed by atoms with Crippen molar-refractivity contribution in [3.63, 3.8) is 0 Å². The molecule has 0 aromatic carbocycles. The number of carbonyl (C=O) groups is 1. The fourth-order valence-electron chi connectivity index (χ4n) is 0.962. The Morgan fingerprint density at radius 3 is 2.73 bits per heavy atom. The molecule has 1 rings (SSSR count). The maximum absolute atomic E-state index is 12.4. The maximum Gasteiger partial charge on any atom is 0.304 e. The number of esters is 1. The number of rotatable bonds is 1. The largest absolute Gasteiger partial charge is 0.447 e. The predicted octanol–water partition coefficient (Wildman–Crippen LogP) is 0.504. The number of nitrogens with one attached hydrogen (secondary N) is 1. The minimum Gasteiger partial charge on any atom is -0.447 e. The molecule has 0 amide bonds. The molecule has 1 fully saturated rings. The topological polar surface area (TPSA) is 38.3 Å². The Kier molecular flexibility index (Phi) is 2.08. The van der Waals surface area contributed by atoms with E-state index in [0.29, 0.717) is 0 Å². The Balaban J connectivity index is 2.36. The van der Waals surface area contributed by atoms with Gasteiger partial charge in [-0.25, -0.2) is 8.78 Å².